The highest BCUT2D eigenvalue weighted by molar-refractivity contribution is 5.85. The summed E-state index contributed by atoms with van der Waals surface area (Å²) in [5.41, 5.74) is 5.57. The number of esters is 1. The highest BCUT2D eigenvalue weighted by Gasteiger charge is 2.20. The molecule has 6 aromatic rings. The summed E-state index contributed by atoms with van der Waals surface area (Å²) in [5.74, 6) is 1.54. The van der Waals surface area contributed by atoms with Gasteiger partial charge in [0.15, 0.2) is 0 Å². The Morgan fingerprint density at radius 3 is 1.43 bits per heavy atom. The number of nitrogens with one attached hydrogen (secondary N) is 2. The summed E-state index contributed by atoms with van der Waals surface area (Å²) in [6.45, 7) is 7.33. The topological polar surface area (TPSA) is 158 Å². The second kappa shape index (κ2) is 25.8. The van der Waals surface area contributed by atoms with Gasteiger partial charge in [-0.05, 0) is 79.4 Å². The molecular formula is C48H55ClN6O6. The minimum atomic E-state index is -0.876. The molecule has 13 heteroatoms. The number of carbonyl (C=O) groups excluding carboxylic acids is 1. The maximum atomic E-state index is 12.3. The summed E-state index contributed by atoms with van der Waals surface area (Å²) in [7, 11) is 0. The third kappa shape index (κ3) is 15.9. The summed E-state index contributed by atoms with van der Waals surface area (Å²) < 4.78 is 16.9. The van der Waals surface area contributed by atoms with Crippen LogP contribution in [0.2, 0.25) is 0 Å². The number of aliphatic carboxylic acids is 1. The molecule has 2 heterocycles. The first-order valence-corrected chi connectivity index (χ1v) is 20.5. The predicted molar refractivity (Wildman–Crippen MR) is 242 cm³/mol. The molecule has 0 aliphatic carbocycles. The van der Waals surface area contributed by atoms with Gasteiger partial charge in [-0.25, -0.2) is 29.5 Å². The molecule has 0 saturated heterocycles. The van der Waals surface area contributed by atoms with Crippen LogP contribution in [-0.4, -0.2) is 55.7 Å². The number of carboxylic acid groups (broad SMARTS) is 1. The average Bonchev–Trinajstić information content (AvgIpc) is 3.29. The van der Waals surface area contributed by atoms with Crippen molar-refractivity contribution >= 4 is 36.0 Å². The van der Waals surface area contributed by atoms with E-state index in [1.807, 2.05) is 129 Å². The fourth-order valence-electron chi connectivity index (χ4n) is 6.04. The van der Waals surface area contributed by atoms with Crippen LogP contribution < -0.4 is 20.1 Å². The molecular weight excluding hydrogens is 792 g/mol. The number of benzene rings is 4. The number of carbonyl (C=O) groups is 2. The van der Waals surface area contributed by atoms with E-state index in [1.54, 1.807) is 6.07 Å². The Hall–Kier alpha value is -6.53. The van der Waals surface area contributed by atoms with Crippen LogP contribution in [0.3, 0.4) is 0 Å². The van der Waals surface area contributed by atoms with E-state index in [0.717, 1.165) is 70.8 Å². The normalized spacial score (nSPS) is 11.4. The molecule has 61 heavy (non-hydrogen) atoms. The summed E-state index contributed by atoms with van der Waals surface area (Å²) in [5, 5.41) is 15.6. The summed E-state index contributed by atoms with van der Waals surface area (Å²) in [4.78, 5) is 40.8. The van der Waals surface area contributed by atoms with E-state index < -0.39 is 18.1 Å². The van der Waals surface area contributed by atoms with Gasteiger partial charge in [0, 0.05) is 23.3 Å². The first-order valence-electron chi connectivity index (χ1n) is 20.5. The van der Waals surface area contributed by atoms with Gasteiger partial charge in [0.2, 0.25) is 0 Å². The van der Waals surface area contributed by atoms with Gasteiger partial charge in [-0.2, -0.15) is 0 Å². The van der Waals surface area contributed by atoms with E-state index in [2.05, 4.69) is 37.5 Å². The van der Waals surface area contributed by atoms with Crippen molar-refractivity contribution in [2.24, 2.45) is 0 Å². The first-order chi connectivity index (χ1) is 29.3. The van der Waals surface area contributed by atoms with Crippen LogP contribution in [0.25, 0.3) is 22.5 Å². The Kier molecular flexibility index (Phi) is 20.0. The molecule has 12 nitrogen and oxygen atoms in total. The number of anilines is 2. The number of aromatic nitrogens is 4. The highest BCUT2D eigenvalue weighted by Crippen LogP contribution is 2.25. The standard InChI is InChI=1S/C25H29N3O3.C23H25N3O3.ClH/c1-3-5-11-22(25(29)30-4-2)28-24-16-23(26-18-27-24)20-12-14-21(15-13-20)31-17-19-9-7-6-8-10-19;1-2-3-9-20(23(27)28)26-22-14-21(24-16-25-22)18-10-12-19(13-11-18)29-15-17-7-5-4-6-8-17;/h6-10,12-16,18,22H,3-5,11,17H2,1-2H3,(H,26,27,28);4-8,10-14,16,20H,2-3,9,15H2,1H3,(H,27,28)(H,24,25,26);1H/t22-;20-;/m11./s1. The van der Waals surface area contributed by atoms with Crippen LogP contribution in [-0.2, 0) is 27.5 Å². The monoisotopic (exact) mass is 846 g/mol. The molecule has 0 fully saturated rings. The van der Waals surface area contributed by atoms with Crippen molar-refractivity contribution in [1.82, 2.24) is 19.9 Å². The van der Waals surface area contributed by atoms with Gasteiger partial charge in [0.05, 0.1) is 18.0 Å². The molecule has 0 amide bonds. The number of unbranched alkanes of at least 4 members (excludes halogenated alkanes) is 2. The molecule has 0 aliphatic rings. The third-order valence-electron chi connectivity index (χ3n) is 9.34. The van der Waals surface area contributed by atoms with Crippen LogP contribution >= 0.6 is 12.4 Å². The Labute approximate surface area is 364 Å². The Bertz CT molecular complexity index is 2180. The van der Waals surface area contributed by atoms with E-state index in [1.165, 1.54) is 12.7 Å². The van der Waals surface area contributed by atoms with Crippen molar-refractivity contribution < 1.29 is 28.9 Å². The lowest BCUT2D eigenvalue weighted by atomic mass is 10.1. The number of carboxylic acids is 1. The predicted octanol–water partition coefficient (Wildman–Crippen LogP) is 10.5. The van der Waals surface area contributed by atoms with Crippen LogP contribution in [0.4, 0.5) is 11.6 Å². The van der Waals surface area contributed by atoms with Crippen molar-refractivity contribution in [3.63, 3.8) is 0 Å². The molecule has 3 N–H and O–H groups in total. The van der Waals surface area contributed by atoms with Gasteiger partial charge in [0.1, 0.15) is 61.1 Å². The van der Waals surface area contributed by atoms with E-state index in [4.69, 9.17) is 14.2 Å². The van der Waals surface area contributed by atoms with Crippen molar-refractivity contribution in [1.29, 1.82) is 0 Å². The zero-order chi connectivity index (χ0) is 42.4. The quantitative estimate of drug-likeness (QED) is 0.0590. The smallest absolute Gasteiger partial charge is 0.328 e. The highest BCUT2D eigenvalue weighted by atomic mass is 35.5. The molecule has 4 aromatic carbocycles. The fourth-order valence-corrected chi connectivity index (χ4v) is 6.04. The molecule has 0 bridgehead atoms. The lowest BCUT2D eigenvalue weighted by Gasteiger charge is -2.17. The first kappa shape index (κ1) is 47.2. The van der Waals surface area contributed by atoms with E-state index in [9.17, 15) is 14.7 Å². The number of hydrogen-bond acceptors (Lipinski definition) is 11. The van der Waals surface area contributed by atoms with E-state index in [0.29, 0.717) is 44.3 Å². The van der Waals surface area contributed by atoms with Crippen molar-refractivity contribution in [3.05, 3.63) is 145 Å². The zero-order valence-electron chi connectivity index (χ0n) is 34.9. The number of nitrogens with zero attached hydrogens (tertiary/aromatic N) is 4. The largest absolute Gasteiger partial charge is 0.489 e. The van der Waals surface area contributed by atoms with Gasteiger partial charge < -0.3 is 30.0 Å². The molecule has 0 aliphatic heterocycles. The number of hydrogen-bond donors (Lipinski definition) is 3. The van der Waals surface area contributed by atoms with Crippen molar-refractivity contribution in [2.45, 2.75) is 84.6 Å². The lowest BCUT2D eigenvalue weighted by Crippen LogP contribution is -2.31. The Balaban J connectivity index is 0.000000265. The van der Waals surface area contributed by atoms with Gasteiger partial charge in [0.25, 0.3) is 0 Å². The van der Waals surface area contributed by atoms with Crippen molar-refractivity contribution in [3.8, 4) is 34.0 Å². The molecule has 0 spiro atoms. The fraction of sp³-hybridized carbons (Fsp3) is 0.292. The van der Waals surface area contributed by atoms with Crippen LogP contribution in [0.5, 0.6) is 11.5 Å². The molecule has 0 saturated carbocycles. The molecule has 0 unspecified atom stereocenters. The number of ether oxygens (including phenoxy) is 3. The van der Waals surface area contributed by atoms with E-state index in [-0.39, 0.29) is 18.4 Å². The molecule has 6 rings (SSSR count). The van der Waals surface area contributed by atoms with Gasteiger partial charge in [-0.3, -0.25) is 0 Å². The molecule has 2 atom stereocenters. The van der Waals surface area contributed by atoms with Gasteiger partial charge >= 0.3 is 11.9 Å². The number of rotatable bonds is 21. The third-order valence-corrected chi connectivity index (χ3v) is 9.34. The van der Waals surface area contributed by atoms with Crippen LogP contribution in [0.15, 0.2) is 134 Å². The summed E-state index contributed by atoms with van der Waals surface area (Å²) >= 11 is 0. The molecule has 2 aromatic heterocycles. The lowest BCUT2D eigenvalue weighted by molar-refractivity contribution is -0.144. The Morgan fingerprint density at radius 2 is 1.02 bits per heavy atom. The Morgan fingerprint density at radius 1 is 0.590 bits per heavy atom. The zero-order valence-corrected chi connectivity index (χ0v) is 35.7. The van der Waals surface area contributed by atoms with Crippen LogP contribution in [0, 0.1) is 0 Å². The average molecular weight is 847 g/mol. The maximum Gasteiger partial charge on any atom is 0.328 e. The summed E-state index contributed by atoms with van der Waals surface area (Å²) in [6.07, 6.45) is 7.91. The van der Waals surface area contributed by atoms with Gasteiger partial charge in [-0.15, -0.1) is 12.4 Å². The maximum absolute atomic E-state index is 12.3. The van der Waals surface area contributed by atoms with E-state index >= 15 is 0 Å². The number of halogens is 1. The van der Waals surface area contributed by atoms with Gasteiger partial charge in [-0.1, -0.05) is 100 Å². The second-order valence-electron chi connectivity index (χ2n) is 13.9. The molecule has 0 radical (unpaired) electrons. The van der Waals surface area contributed by atoms with Crippen LogP contribution in [0.1, 0.15) is 70.4 Å². The minimum Gasteiger partial charge on any atom is -0.489 e. The minimum absolute atomic E-state index is 0. The summed E-state index contributed by atoms with van der Waals surface area (Å²) in [6, 6.07) is 38.0. The molecule has 320 valence electrons. The second-order valence-corrected chi connectivity index (χ2v) is 13.9. The SMILES string of the molecule is CCCC[C@@H](Nc1cc(-c2ccc(OCc3ccccc3)cc2)ncn1)C(=O)O.CCCC[C@@H](Nc1cc(-c2ccc(OCc3ccccc3)cc2)ncn1)C(=O)OCC.Cl. The van der Waals surface area contributed by atoms with Crippen molar-refractivity contribution in [2.75, 3.05) is 17.2 Å².